The molecule has 1 aliphatic rings. The maximum atomic E-state index is 11.9. The number of rotatable bonds is 6. The van der Waals surface area contributed by atoms with Crippen LogP contribution < -0.4 is 10.6 Å². The maximum absolute atomic E-state index is 11.9. The van der Waals surface area contributed by atoms with Gasteiger partial charge in [0, 0.05) is 18.3 Å². The number of pyridine rings is 1. The van der Waals surface area contributed by atoms with Crippen molar-refractivity contribution in [3.8, 4) is 0 Å². The summed E-state index contributed by atoms with van der Waals surface area (Å²) in [6.07, 6.45) is 3.59. The molecule has 1 amide bonds. The number of aryl methyl sites for hydroxylation is 2. The van der Waals surface area contributed by atoms with E-state index in [1.165, 1.54) is 12.8 Å². The van der Waals surface area contributed by atoms with Crippen LogP contribution in [0, 0.1) is 13.8 Å². The van der Waals surface area contributed by atoms with Gasteiger partial charge in [0.15, 0.2) is 0 Å². The Morgan fingerprint density at radius 1 is 1.33 bits per heavy atom. The van der Waals surface area contributed by atoms with E-state index in [0.717, 1.165) is 30.4 Å². The van der Waals surface area contributed by atoms with E-state index in [2.05, 4.69) is 15.6 Å². The lowest BCUT2D eigenvalue weighted by molar-refractivity contribution is 0.0952. The molecule has 1 aromatic rings. The van der Waals surface area contributed by atoms with Crippen molar-refractivity contribution < 1.29 is 4.79 Å². The maximum Gasteiger partial charge on any atom is 0.253 e. The van der Waals surface area contributed by atoms with Crippen LogP contribution >= 0.6 is 0 Å². The molecule has 2 N–H and O–H groups in total. The number of hydrogen-bond acceptors (Lipinski definition) is 3. The Hall–Kier alpha value is -1.42. The Kier molecular flexibility index (Phi) is 4.31. The molecule has 0 radical (unpaired) electrons. The van der Waals surface area contributed by atoms with E-state index in [9.17, 15) is 4.79 Å². The molecule has 4 heteroatoms. The van der Waals surface area contributed by atoms with Gasteiger partial charge < -0.3 is 10.6 Å². The summed E-state index contributed by atoms with van der Waals surface area (Å²) < 4.78 is 0. The van der Waals surface area contributed by atoms with Crippen molar-refractivity contribution in [2.45, 2.75) is 39.2 Å². The Balaban J connectivity index is 1.72. The minimum atomic E-state index is -0.0218. The summed E-state index contributed by atoms with van der Waals surface area (Å²) in [7, 11) is 0. The highest BCUT2D eigenvalue weighted by atomic mass is 16.1. The van der Waals surface area contributed by atoms with Gasteiger partial charge in [0.1, 0.15) is 0 Å². The summed E-state index contributed by atoms with van der Waals surface area (Å²) in [5, 5.41) is 6.36. The van der Waals surface area contributed by atoms with Gasteiger partial charge in [-0.25, -0.2) is 0 Å². The van der Waals surface area contributed by atoms with E-state index < -0.39 is 0 Å². The van der Waals surface area contributed by atoms with Crippen LogP contribution in [0.25, 0.3) is 0 Å². The highest BCUT2D eigenvalue weighted by molar-refractivity contribution is 5.95. The number of aromatic nitrogens is 1. The van der Waals surface area contributed by atoms with Crippen LogP contribution in [0.3, 0.4) is 0 Å². The fraction of sp³-hybridized carbons (Fsp3) is 0.571. The average Bonchev–Trinajstić information content (AvgIpc) is 3.12. The Morgan fingerprint density at radius 2 is 2.11 bits per heavy atom. The molecule has 4 nitrogen and oxygen atoms in total. The van der Waals surface area contributed by atoms with Crippen molar-refractivity contribution in [3.05, 3.63) is 29.1 Å². The van der Waals surface area contributed by atoms with E-state index >= 15 is 0 Å². The third-order valence-electron chi connectivity index (χ3n) is 3.12. The third kappa shape index (κ3) is 3.81. The van der Waals surface area contributed by atoms with Crippen LogP contribution in [0.4, 0.5) is 0 Å². The summed E-state index contributed by atoms with van der Waals surface area (Å²) in [6.45, 7) is 5.50. The predicted molar refractivity (Wildman–Crippen MR) is 71.7 cm³/mol. The minimum Gasteiger partial charge on any atom is -0.352 e. The van der Waals surface area contributed by atoms with Crippen LogP contribution in [0.2, 0.25) is 0 Å². The lowest BCUT2D eigenvalue weighted by Crippen LogP contribution is -2.28. The second-order valence-electron chi connectivity index (χ2n) is 4.92. The summed E-state index contributed by atoms with van der Waals surface area (Å²) in [5.74, 6) is -0.0218. The smallest absolute Gasteiger partial charge is 0.253 e. The van der Waals surface area contributed by atoms with E-state index in [-0.39, 0.29) is 5.91 Å². The van der Waals surface area contributed by atoms with Gasteiger partial charge in [0.25, 0.3) is 5.91 Å². The van der Waals surface area contributed by atoms with Crippen LogP contribution in [-0.4, -0.2) is 30.0 Å². The molecule has 2 rings (SSSR count). The van der Waals surface area contributed by atoms with Crippen molar-refractivity contribution in [1.29, 1.82) is 0 Å². The molecule has 0 spiro atoms. The lowest BCUT2D eigenvalue weighted by Gasteiger charge is -2.08. The normalized spacial score (nSPS) is 14.6. The van der Waals surface area contributed by atoms with Crippen LogP contribution in [-0.2, 0) is 0 Å². The standard InChI is InChI=1S/C14H21N3O/c1-10-4-7-13(11(2)17-10)14(18)16-9-3-8-15-12-5-6-12/h4,7,12,15H,3,5-6,8-9H2,1-2H3,(H,16,18). The molecule has 0 saturated heterocycles. The largest absolute Gasteiger partial charge is 0.352 e. The van der Waals surface area contributed by atoms with Crippen molar-refractivity contribution >= 4 is 5.91 Å². The second-order valence-corrected chi connectivity index (χ2v) is 4.92. The molecular formula is C14H21N3O. The van der Waals surface area contributed by atoms with Crippen LogP contribution in [0.1, 0.15) is 41.0 Å². The SMILES string of the molecule is Cc1ccc(C(=O)NCCCNC2CC2)c(C)n1. The zero-order valence-corrected chi connectivity index (χ0v) is 11.1. The lowest BCUT2D eigenvalue weighted by atomic mass is 10.1. The fourth-order valence-corrected chi connectivity index (χ4v) is 1.91. The molecule has 0 aliphatic heterocycles. The van der Waals surface area contributed by atoms with Crippen molar-refractivity contribution in [1.82, 2.24) is 15.6 Å². The predicted octanol–water partition coefficient (Wildman–Crippen LogP) is 1.57. The topological polar surface area (TPSA) is 54.0 Å². The fourth-order valence-electron chi connectivity index (χ4n) is 1.91. The first kappa shape index (κ1) is 13.0. The van der Waals surface area contributed by atoms with Gasteiger partial charge in [0.05, 0.1) is 11.3 Å². The molecule has 1 saturated carbocycles. The van der Waals surface area contributed by atoms with E-state index in [4.69, 9.17) is 0 Å². The Morgan fingerprint density at radius 3 is 2.78 bits per heavy atom. The number of carbonyl (C=O) groups excluding carboxylic acids is 1. The first-order chi connectivity index (χ1) is 8.66. The number of nitrogens with one attached hydrogen (secondary N) is 2. The molecule has 0 bridgehead atoms. The van der Waals surface area contributed by atoms with Gasteiger partial charge in [0.2, 0.25) is 0 Å². The van der Waals surface area contributed by atoms with E-state index in [1.807, 2.05) is 26.0 Å². The number of amides is 1. The van der Waals surface area contributed by atoms with Gasteiger partial charge in [-0.2, -0.15) is 0 Å². The number of carbonyl (C=O) groups is 1. The molecule has 1 fully saturated rings. The highest BCUT2D eigenvalue weighted by Crippen LogP contribution is 2.18. The van der Waals surface area contributed by atoms with Crippen LogP contribution in [0.15, 0.2) is 12.1 Å². The minimum absolute atomic E-state index is 0.0218. The van der Waals surface area contributed by atoms with Gasteiger partial charge in [-0.1, -0.05) is 0 Å². The van der Waals surface area contributed by atoms with Gasteiger partial charge in [-0.15, -0.1) is 0 Å². The highest BCUT2D eigenvalue weighted by Gasteiger charge is 2.19. The van der Waals surface area contributed by atoms with E-state index in [1.54, 1.807) is 0 Å². The molecule has 0 atom stereocenters. The van der Waals surface area contributed by atoms with Gasteiger partial charge in [-0.3, -0.25) is 9.78 Å². The third-order valence-corrected chi connectivity index (χ3v) is 3.12. The zero-order valence-electron chi connectivity index (χ0n) is 11.1. The van der Waals surface area contributed by atoms with Crippen molar-refractivity contribution in [3.63, 3.8) is 0 Å². The summed E-state index contributed by atoms with van der Waals surface area (Å²) in [5.41, 5.74) is 2.41. The van der Waals surface area contributed by atoms with Gasteiger partial charge in [-0.05, 0) is 51.8 Å². The molecular weight excluding hydrogens is 226 g/mol. The first-order valence-corrected chi connectivity index (χ1v) is 6.62. The van der Waals surface area contributed by atoms with E-state index in [0.29, 0.717) is 12.1 Å². The molecule has 98 valence electrons. The molecule has 1 aromatic heterocycles. The van der Waals surface area contributed by atoms with Crippen molar-refractivity contribution in [2.75, 3.05) is 13.1 Å². The number of nitrogens with zero attached hydrogens (tertiary/aromatic N) is 1. The second kappa shape index (κ2) is 5.96. The Bertz CT molecular complexity index is 427. The average molecular weight is 247 g/mol. The number of hydrogen-bond donors (Lipinski definition) is 2. The molecule has 1 aliphatic carbocycles. The van der Waals surface area contributed by atoms with Crippen molar-refractivity contribution in [2.24, 2.45) is 0 Å². The molecule has 1 heterocycles. The van der Waals surface area contributed by atoms with Crippen LogP contribution in [0.5, 0.6) is 0 Å². The zero-order chi connectivity index (χ0) is 13.0. The molecule has 0 unspecified atom stereocenters. The van der Waals surface area contributed by atoms with Gasteiger partial charge >= 0.3 is 0 Å². The quantitative estimate of drug-likeness (QED) is 0.750. The summed E-state index contributed by atoms with van der Waals surface area (Å²) >= 11 is 0. The summed E-state index contributed by atoms with van der Waals surface area (Å²) in [6, 6.07) is 4.45. The monoisotopic (exact) mass is 247 g/mol. The molecule has 0 aromatic carbocycles. The first-order valence-electron chi connectivity index (χ1n) is 6.62. The summed E-state index contributed by atoms with van der Waals surface area (Å²) in [4.78, 5) is 16.2. The Labute approximate surface area is 108 Å². The molecule has 18 heavy (non-hydrogen) atoms.